The van der Waals surface area contributed by atoms with Gasteiger partial charge in [-0.25, -0.2) is 4.79 Å². The van der Waals surface area contributed by atoms with Gasteiger partial charge in [0.25, 0.3) is 5.91 Å². The number of benzene rings is 3. The number of carbonyl (C=O) groups excluding carboxylic acids is 2. The second kappa shape index (κ2) is 8.11. The molecule has 1 amide bonds. The van der Waals surface area contributed by atoms with Gasteiger partial charge in [0.1, 0.15) is 0 Å². The lowest BCUT2D eigenvalue weighted by Crippen LogP contribution is -2.24. The van der Waals surface area contributed by atoms with Crippen LogP contribution in [0.2, 0.25) is 0 Å². The van der Waals surface area contributed by atoms with Gasteiger partial charge in [-0.3, -0.25) is 9.69 Å². The van der Waals surface area contributed by atoms with Crippen molar-refractivity contribution in [1.29, 1.82) is 0 Å². The van der Waals surface area contributed by atoms with Gasteiger partial charge in [-0.2, -0.15) is 0 Å². The second-order valence-corrected chi connectivity index (χ2v) is 7.63. The fourth-order valence-corrected chi connectivity index (χ4v) is 3.91. The lowest BCUT2D eigenvalue weighted by atomic mass is 10.0. The van der Waals surface area contributed by atoms with Gasteiger partial charge < -0.3 is 9.64 Å². The molecule has 0 fully saturated rings. The summed E-state index contributed by atoms with van der Waals surface area (Å²) in [7, 11) is 5.27. The minimum absolute atomic E-state index is 0.245. The summed E-state index contributed by atoms with van der Waals surface area (Å²) >= 11 is 0. The van der Waals surface area contributed by atoms with Crippen LogP contribution in [-0.2, 0) is 14.3 Å². The molecule has 156 valence electrons. The van der Waals surface area contributed by atoms with E-state index in [1.807, 2.05) is 85.7 Å². The molecule has 0 radical (unpaired) electrons. The van der Waals surface area contributed by atoms with Crippen LogP contribution in [-0.4, -0.2) is 33.1 Å². The Hall–Kier alpha value is -3.86. The second-order valence-electron chi connectivity index (χ2n) is 7.63. The minimum Gasteiger partial charge on any atom is -0.465 e. The van der Waals surface area contributed by atoms with E-state index in [0.717, 1.165) is 27.7 Å². The summed E-state index contributed by atoms with van der Waals surface area (Å²) in [6, 6.07) is 21.5. The maximum absolute atomic E-state index is 13.6. The van der Waals surface area contributed by atoms with Crippen molar-refractivity contribution >= 4 is 40.1 Å². The number of ether oxygens (including phenoxy) is 1. The quantitative estimate of drug-likeness (QED) is 0.457. The van der Waals surface area contributed by atoms with Crippen molar-refractivity contribution in [1.82, 2.24) is 0 Å². The maximum atomic E-state index is 13.6. The van der Waals surface area contributed by atoms with E-state index in [4.69, 9.17) is 4.74 Å². The Kier molecular flexibility index (Phi) is 5.34. The van der Waals surface area contributed by atoms with Crippen molar-refractivity contribution in [2.45, 2.75) is 6.92 Å². The van der Waals surface area contributed by atoms with Crippen LogP contribution in [0.4, 0.5) is 11.4 Å². The first kappa shape index (κ1) is 20.4. The van der Waals surface area contributed by atoms with E-state index in [1.165, 1.54) is 7.11 Å². The molecule has 5 nitrogen and oxygen atoms in total. The highest BCUT2D eigenvalue weighted by Gasteiger charge is 2.38. The van der Waals surface area contributed by atoms with Gasteiger partial charge in [-0.15, -0.1) is 0 Å². The third-order valence-electron chi connectivity index (χ3n) is 5.52. The van der Waals surface area contributed by atoms with Crippen molar-refractivity contribution in [2.24, 2.45) is 0 Å². The summed E-state index contributed by atoms with van der Waals surface area (Å²) in [6.07, 6.45) is 1.75. The summed E-state index contributed by atoms with van der Waals surface area (Å²) < 4.78 is 5.02. The van der Waals surface area contributed by atoms with E-state index >= 15 is 0 Å². The number of amides is 1. The number of carbonyl (C=O) groups is 2. The Morgan fingerprint density at radius 3 is 2.32 bits per heavy atom. The van der Waals surface area contributed by atoms with Gasteiger partial charge in [0.2, 0.25) is 0 Å². The van der Waals surface area contributed by atoms with Crippen LogP contribution in [0, 0.1) is 0 Å². The molecule has 1 aliphatic heterocycles. The molecule has 0 atom stereocenters. The fourth-order valence-electron chi connectivity index (χ4n) is 3.91. The third kappa shape index (κ3) is 3.59. The minimum atomic E-state index is -0.523. The molecule has 3 aromatic carbocycles. The molecule has 0 unspecified atom stereocenters. The van der Waals surface area contributed by atoms with Gasteiger partial charge in [-0.1, -0.05) is 48.5 Å². The van der Waals surface area contributed by atoms with Crippen LogP contribution in [0.5, 0.6) is 0 Å². The number of hydrogen-bond acceptors (Lipinski definition) is 4. The first-order valence-electron chi connectivity index (χ1n) is 10.0. The summed E-state index contributed by atoms with van der Waals surface area (Å²) in [5.41, 5.74) is 3.81. The van der Waals surface area contributed by atoms with Crippen molar-refractivity contribution in [2.75, 3.05) is 31.0 Å². The smallest absolute Gasteiger partial charge is 0.340 e. The normalized spacial score (nSPS) is 15.2. The largest absolute Gasteiger partial charge is 0.465 e. The molecule has 5 heteroatoms. The summed E-state index contributed by atoms with van der Waals surface area (Å²) in [5, 5.41) is 1.97. The monoisotopic (exact) mass is 412 g/mol. The molecule has 4 rings (SSSR count). The van der Waals surface area contributed by atoms with Crippen molar-refractivity contribution in [3.8, 4) is 0 Å². The molecule has 0 spiro atoms. The van der Waals surface area contributed by atoms with Gasteiger partial charge in [0.15, 0.2) is 0 Å². The molecule has 0 saturated heterocycles. The summed E-state index contributed by atoms with van der Waals surface area (Å²) in [5.74, 6) is -0.768. The Morgan fingerprint density at radius 1 is 0.968 bits per heavy atom. The van der Waals surface area contributed by atoms with Gasteiger partial charge in [0, 0.05) is 30.9 Å². The van der Waals surface area contributed by atoms with Crippen molar-refractivity contribution < 1.29 is 14.3 Å². The number of nitrogens with zero attached hydrogens (tertiary/aromatic N) is 2. The lowest BCUT2D eigenvalue weighted by Gasteiger charge is -2.20. The SMILES string of the molecule is COC(=O)C1=C(C)N(c2cccc3ccccc23)C(=O)/C1=C\c1ccc(N(C)C)cc1. The first-order valence-corrected chi connectivity index (χ1v) is 10.0. The molecule has 0 aliphatic carbocycles. The predicted molar refractivity (Wildman–Crippen MR) is 125 cm³/mol. The van der Waals surface area contributed by atoms with Crippen LogP contribution < -0.4 is 9.80 Å². The molecule has 31 heavy (non-hydrogen) atoms. The maximum Gasteiger partial charge on any atom is 0.340 e. The Bertz CT molecular complexity index is 1230. The zero-order valence-corrected chi connectivity index (χ0v) is 18.0. The topological polar surface area (TPSA) is 49.9 Å². The average Bonchev–Trinajstić information content (AvgIpc) is 3.02. The number of hydrogen-bond donors (Lipinski definition) is 0. The highest BCUT2D eigenvalue weighted by atomic mass is 16.5. The van der Waals surface area contributed by atoms with Crippen LogP contribution in [0.3, 0.4) is 0 Å². The Morgan fingerprint density at radius 2 is 1.65 bits per heavy atom. The lowest BCUT2D eigenvalue weighted by molar-refractivity contribution is -0.136. The highest BCUT2D eigenvalue weighted by Crippen LogP contribution is 2.38. The molecule has 3 aromatic rings. The predicted octanol–water partition coefficient (Wildman–Crippen LogP) is 4.78. The zero-order valence-electron chi connectivity index (χ0n) is 18.0. The number of methoxy groups -OCH3 is 1. The molecule has 0 saturated carbocycles. The molecule has 0 bridgehead atoms. The molecule has 1 aliphatic rings. The molecule has 0 aromatic heterocycles. The van der Waals surface area contributed by atoms with E-state index < -0.39 is 5.97 Å². The standard InChI is InChI=1S/C26H24N2O3/c1-17-24(26(30)31-4)22(16-18-12-14-20(15-13-18)27(2)3)25(29)28(17)23-11-7-9-19-8-5-6-10-21(19)23/h5-16H,1-4H3/b22-16-. The number of anilines is 2. The van der Waals surface area contributed by atoms with E-state index in [2.05, 4.69) is 0 Å². The highest BCUT2D eigenvalue weighted by molar-refractivity contribution is 6.25. The van der Waals surface area contributed by atoms with Crippen LogP contribution in [0.15, 0.2) is 83.6 Å². The van der Waals surface area contributed by atoms with Crippen LogP contribution >= 0.6 is 0 Å². The van der Waals surface area contributed by atoms with Gasteiger partial charge in [-0.05, 0) is 42.1 Å². The molecular formula is C26H24N2O3. The van der Waals surface area contributed by atoms with Gasteiger partial charge >= 0.3 is 5.97 Å². The van der Waals surface area contributed by atoms with Gasteiger partial charge in [0.05, 0.1) is 23.9 Å². The average molecular weight is 412 g/mol. The number of fused-ring (bicyclic) bond motifs is 1. The molecule has 0 N–H and O–H groups in total. The Labute approximate surface area is 181 Å². The van der Waals surface area contributed by atoms with E-state index in [1.54, 1.807) is 17.9 Å². The summed E-state index contributed by atoms with van der Waals surface area (Å²) in [6.45, 7) is 1.78. The van der Waals surface area contributed by atoms with Crippen molar-refractivity contribution in [3.63, 3.8) is 0 Å². The number of rotatable bonds is 4. The number of allylic oxidation sites excluding steroid dienone is 1. The van der Waals surface area contributed by atoms with E-state index in [0.29, 0.717) is 11.3 Å². The third-order valence-corrected chi connectivity index (χ3v) is 5.52. The van der Waals surface area contributed by atoms with Crippen molar-refractivity contribution in [3.05, 3.63) is 89.1 Å². The molecule has 1 heterocycles. The fraction of sp³-hybridized carbons (Fsp3) is 0.154. The zero-order chi connectivity index (χ0) is 22.1. The number of esters is 1. The summed E-state index contributed by atoms with van der Waals surface area (Å²) in [4.78, 5) is 29.8. The van der Waals surface area contributed by atoms with E-state index in [9.17, 15) is 9.59 Å². The van der Waals surface area contributed by atoms with Crippen LogP contribution in [0.25, 0.3) is 16.8 Å². The van der Waals surface area contributed by atoms with E-state index in [-0.39, 0.29) is 11.5 Å². The first-order chi connectivity index (χ1) is 14.9. The van der Waals surface area contributed by atoms with Crippen LogP contribution in [0.1, 0.15) is 12.5 Å². The Balaban J connectivity index is 1.85. The molecular weight excluding hydrogens is 388 g/mol.